The van der Waals surface area contributed by atoms with E-state index in [1.54, 1.807) is 12.3 Å². The summed E-state index contributed by atoms with van der Waals surface area (Å²) in [7, 11) is 0. The van der Waals surface area contributed by atoms with Gasteiger partial charge in [0.15, 0.2) is 0 Å². The highest BCUT2D eigenvalue weighted by molar-refractivity contribution is 5.64. The van der Waals surface area contributed by atoms with Crippen molar-refractivity contribution in [1.82, 2.24) is 9.88 Å². The molecule has 0 aliphatic rings. The molecule has 0 aromatic carbocycles. The number of hydrogen-bond donors (Lipinski definition) is 2. The van der Waals surface area contributed by atoms with Gasteiger partial charge in [-0.3, -0.25) is 4.79 Å². The molecule has 0 saturated carbocycles. The molecule has 14 heavy (non-hydrogen) atoms. The van der Waals surface area contributed by atoms with Crippen LogP contribution in [0, 0.1) is 6.92 Å². The van der Waals surface area contributed by atoms with Gasteiger partial charge in [0.05, 0.1) is 0 Å². The Morgan fingerprint density at radius 1 is 1.57 bits per heavy atom. The van der Waals surface area contributed by atoms with Gasteiger partial charge in [-0.15, -0.1) is 0 Å². The zero-order valence-electron chi connectivity index (χ0n) is 7.86. The predicted molar refractivity (Wildman–Crippen MR) is 51.5 cm³/mol. The SMILES string of the molecule is Cc1ccc(=O)n(CCNC(=O)O)c1. The maximum Gasteiger partial charge on any atom is 0.404 e. The van der Waals surface area contributed by atoms with Crippen LogP contribution in [-0.4, -0.2) is 22.3 Å². The largest absolute Gasteiger partial charge is 0.465 e. The fourth-order valence-electron chi connectivity index (χ4n) is 1.11. The topological polar surface area (TPSA) is 71.3 Å². The maximum absolute atomic E-state index is 11.2. The highest BCUT2D eigenvalue weighted by Crippen LogP contribution is 1.91. The molecule has 5 heteroatoms. The first-order chi connectivity index (χ1) is 6.59. The zero-order chi connectivity index (χ0) is 10.6. The highest BCUT2D eigenvalue weighted by atomic mass is 16.4. The zero-order valence-corrected chi connectivity index (χ0v) is 7.86. The van der Waals surface area contributed by atoms with Crippen molar-refractivity contribution in [2.24, 2.45) is 0 Å². The van der Waals surface area contributed by atoms with Gasteiger partial charge in [0.2, 0.25) is 0 Å². The molecule has 1 aromatic heterocycles. The van der Waals surface area contributed by atoms with Crippen molar-refractivity contribution in [2.45, 2.75) is 13.5 Å². The summed E-state index contributed by atoms with van der Waals surface area (Å²) < 4.78 is 1.48. The van der Waals surface area contributed by atoms with Crippen LogP contribution in [0.3, 0.4) is 0 Å². The van der Waals surface area contributed by atoms with Crippen LogP contribution in [0.4, 0.5) is 4.79 Å². The molecule has 0 bridgehead atoms. The summed E-state index contributed by atoms with van der Waals surface area (Å²) in [6.07, 6.45) is 0.622. The van der Waals surface area contributed by atoms with Gasteiger partial charge < -0.3 is 15.0 Å². The first kappa shape index (κ1) is 10.3. The molecule has 0 saturated heterocycles. The van der Waals surface area contributed by atoms with Crippen molar-refractivity contribution in [1.29, 1.82) is 0 Å². The number of aryl methyl sites for hydroxylation is 1. The monoisotopic (exact) mass is 196 g/mol. The van der Waals surface area contributed by atoms with Gasteiger partial charge in [0.25, 0.3) is 5.56 Å². The maximum atomic E-state index is 11.2. The minimum absolute atomic E-state index is 0.122. The molecule has 1 amide bonds. The number of rotatable bonds is 3. The van der Waals surface area contributed by atoms with Gasteiger partial charge in [0, 0.05) is 25.4 Å². The summed E-state index contributed by atoms with van der Waals surface area (Å²) in [5.74, 6) is 0. The standard InChI is InChI=1S/C9H12N2O3/c1-7-2-3-8(12)11(6-7)5-4-10-9(13)14/h2-3,6,10H,4-5H2,1H3,(H,13,14). The molecule has 1 aromatic rings. The van der Waals surface area contributed by atoms with E-state index in [4.69, 9.17) is 5.11 Å². The van der Waals surface area contributed by atoms with Crippen molar-refractivity contribution >= 4 is 6.09 Å². The van der Waals surface area contributed by atoms with Crippen LogP contribution in [0.2, 0.25) is 0 Å². The second-order valence-corrected chi connectivity index (χ2v) is 2.97. The third-order valence-electron chi connectivity index (χ3n) is 1.76. The number of pyridine rings is 1. The van der Waals surface area contributed by atoms with Crippen LogP contribution in [0.15, 0.2) is 23.1 Å². The Hall–Kier alpha value is -1.78. The van der Waals surface area contributed by atoms with E-state index in [9.17, 15) is 9.59 Å². The molecule has 0 fully saturated rings. The van der Waals surface area contributed by atoms with Crippen molar-refractivity contribution < 1.29 is 9.90 Å². The molecule has 1 heterocycles. The lowest BCUT2D eigenvalue weighted by atomic mass is 10.3. The van der Waals surface area contributed by atoms with E-state index in [0.717, 1.165) is 5.56 Å². The van der Waals surface area contributed by atoms with E-state index in [1.165, 1.54) is 10.6 Å². The lowest BCUT2D eigenvalue weighted by Crippen LogP contribution is -2.29. The van der Waals surface area contributed by atoms with Crippen LogP contribution in [-0.2, 0) is 6.54 Å². The Balaban J connectivity index is 2.62. The van der Waals surface area contributed by atoms with Crippen LogP contribution in [0.25, 0.3) is 0 Å². The predicted octanol–water partition coefficient (Wildman–Crippen LogP) is 0.424. The molecule has 5 nitrogen and oxygen atoms in total. The van der Waals surface area contributed by atoms with Crippen molar-refractivity contribution in [3.05, 3.63) is 34.2 Å². The number of nitrogens with one attached hydrogen (secondary N) is 1. The number of carboxylic acid groups (broad SMARTS) is 1. The Morgan fingerprint density at radius 3 is 2.93 bits per heavy atom. The third-order valence-corrected chi connectivity index (χ3v) is 1.76. The average molecular weight is 196 g/mol. The molecular weight excluding hydrogens is 184 g/mol. The molecule has 1 rings (SSSR count). The van der Waals surface area contributed by atoms with Gasteiger partial charge in [-0.2, -0.15) is 0 Å². The second kappa shape index (κ2) is 4.45. The van der Waals surface area contributed by atoms with E-state index in [-0.39, 0.29) is 12.1 Å². The lowest BCUT2D eigenvalue weighted by Gasteiger charge is -2.05. The molecule has 0 spiro atoms. The van der Waals surface area contributed by atoms with Gasteiger partial charge in [-0.05, 0) is 12.5 Å². The van der Waals surface area contributed by atoms with Gasteiger partial charge >= 0.3 is 6.09 Å². The van der Waals surface area contributed by atoms with E-state index in [2.05, 4.69) is 5.32 Å². The average Bonchev–Trinajstić information content (AvgIpc) is 2.10. The molecule has 0 atom stereocenters. The summed E-state index contributed by atoms with van der Waals surface area (Å²) >= 11 is 0. The van der Waals surface area contributed by atoms with Crippen LogP contribution < -0.4 is 10.9 Å². The van der Waals surface area contributed by atoms with E-state index in [0.29, 0.717) is 6.54 Å². The van der Waals surface area contributed by atoms with Crippen LogP contribution in [0.5, 0.6) is 0 Å². The summed E-state index contributed by atoms with van der Waals surface area (Å²) in [4.78, 5) is 21.4. The van der Waals surface area contributed by atoms with E-state index in [1.807, 2.05) is 6.92 Å². The first-order valence-electron chi connectivity index (χ1n) is 4.23. The van der Waals surface area contributed by atoms with E-state index >= 15 is 0 Å². The second-order valence-electron chi connectivity index (χ2n) is 2.97. The first-order valence-corrected chi connectivity index (χ1v) is 4.23. The fourth-order valence-corrected chi connectivity index (χ4v) is 1.11. The molecule has 0 unspecified atom stereocenters. The van der Waals surface area contributed by atoms with E-state index < -0.39 is 6.09 Å². The quantitative estimate of drug-likeness (QED) is 0.736. The minimum atomic E-state index is -1.08. The Bertz CT molecular complexity index is 384. The van der Waals surface area contributed by atoms with Crippen LogP contribution >= 0.6 is 0 Å². The Kier molecular flexibility index (Phi) is 3.28. The molecule has 0 radical (unpaired) electrons. The number of carbonyl (C=O) groups is 1. The number of nitrogens with zero attached hydrogens (tertiary/aromatic N) is 1. The third kappa shape index (κ3) is 2.93. The van der Waals surface area contributed by atoms with Gasteiger partial charge in [-0.25, -0.2) is 4.79 Å². The summed E-state index contributed by atoms with van der Waals surface area (Å²) in [6.45, 7) is 2.46. The van der Waals surface area contributed by atoms with Crippen LogP contribution in [0.1, 0.15) is 5.56 Å². The molecule has 0 aliphatic carbocycles. The smallest absolute Gasteiger partial charge is 0.404 e. The molecule has 76 valence electrons. The van der Waals surface area contributed by atoms with Gasteiger partial charge in [0.1, 0.15) is 0 Å². The number of amides is 1. The summed E-state index contributed by atoms with van der Waals surface area (Å²) in [5, 5.41) is 10.5. The fraction of sp³-hybridized carbons (Fsp3) is 0.333. The van der Waals surface area contributed by atoms with Crippen molar-refractivity contribution in [3.8, 4) is 0 Å². The lowest BCUT2D eigenvalue weighted by molar-refractivity contribution is 0.194. The highest BCUT2D eigenvalue weighted by Gasteiger charge is 1.97. The molecule has 0 aliphatic heterocycles. The van der Waals surface area contributed by atoms with Crippen molar-refractivity contribution in [3.63, 3.8) is 0 Å². The number of aromatic nitrogens is 1. The number of hydrogen-bond acceptors (Lipinski definition) is 2. The molecule has 2 N–H and O–H groups in total. The Morgan fingerprint density at radius 2 is 2.29 bits per heavy atom. The normalized spacial score (nSPS) is 9.79. The molecular formula is C9H12N2O3. The minimum Gasteiger partial charge on any atom is -0.465 e. The summed E-state index contributed by atoms with van der Waals surface area (Å²) in [6, 6.07) is 3.19. The Labute approximate surface area is 81.0 Å². The summed E-state index contributed by atoms with van der Waals surface area (Å²) in [5.41, 5.74) is 0.850. The van der Waals surface area contributed by atoms with Gasteiger partial charge in [-0.1, -0.05) is 6.07 Å². The van der Waals surface area contributed by atoms with Crippen molar-refractivity contribution in [2.75, 3.05) is 6.54 Å².